The van der Waals surface area contributed by atoms with Gasteiger partial charge in [0.05, 0.1) is 12.3 Å². The monoisotopic (exact) mass is 210 g/mol. The van der Waals surface area contributed by atoms with Crippen LogP contribution in [0.1, 0.15) is 5.56 Å². The van der Waals surface area contributed by atoms with Crippen LogP contribution in [0.3, 0.4) is 0 Å². The van der Waals surface area contributed by atoms with Gasteiger partial charge in [0.2, 0.25) is 0 Å². The fourth-order valence-electron chi connectivity index (χ4n) is 1.03. The van der Waals surface area contributed by atoms with Gasteiger partial charge in [-0.1, -0.05) is 0 Å². The second-order valence-electron chi connectivity index (χ2n) is 2.79. The standard InChI is InChI=1S/C10H11FN2O2/c1-14-4-5-15-9-3-2-8(13)7(6-12)10(9)11/h2-3H,4-5,13H2,1H3. The Bertz CT molecular complexity index is 388. The van der Waals surface area contributed by atoms with E-state index in [2.05, 4.69) is 0 Å². The number of halogens is 1. The molecule has 0 aliphatic rings. The van der Waals surface area contributed by atoms with Crippen molar-refractivity contribution in [2.75, 3.05) is 26.1 Å². The number of hydrogen-bond acceptors (Lipinski definition) is 4. The number of nitriles is 1. The molecule has 2 N–H and O–H groups in total. The second-order valence-corrected chi connectivity index (χ2v) is 2.79. The quantitative estimate of drug-likeness (QED) is 0.600. The van der Waals surface area contributed by atoms with Crippen molar-refractivity contribution in [1.82, 2.24) is 0 Å². The van der Waals surface area contributed by atoms with E-state index in [-0.39, 0.29) is 23.6 Å². The number of anilines is 1. The summed E-state index contributed by atoms with van der Waals surface area (Å²) < 4.78 is 23.3. The third-order valence-corrected chi connectivity index (χ3v) is 1.80. The van der Waals surface area contributed by atoms with Gasteiger partial charge in [-0.3, -0.25) is 0 Å². The van der Waals surface area contributed by atoms with Crippen molar-refractivity contribution in [2.24, 2.45) is 0 Å². The van der Waals surface area contributed by atoms with Crippen LogP contribution in [0.5, 0.6) is 5.75 Å². The first-order valence-corrected chi connectivity index (χ1v) is 4.30. The van der Waals surface area contributed by atoms with E-state index in [1.54, 1.807) is 6.07 Å². The summed E-state index contributed by atoms with van der Waals surface area (Å²) in [6.07, 6.45) is 0. The minimum Gasteiger partial charge on any atom is -0.488 e. The lowest BCUT2D eigenvalue weighted by atomic mass is 10.2. The maximum absolute atomic E-state index is 13.5. The average Bonchev–Trinajstić information content (AvgIpc) is 2.22. The summed E-state index contributed by atoms with van der Waals surface area (Å²) >= 11 is 0. The largest absolute Gasteiger partial charge is 0.488 e. The molecule has 0 bridgehead atoms. The van der Waals surface area contributed by atoms with Gasteiger partial charge in [0.15, 0.2) is 11.6 Å². The minimum atomic E-state index is -0.728. The van der Waals surface area contributed by atoms with Crippen molar-refractivity contribution >= 4 is 5.69 Å². The van der Waals surface area contributed by atoms with E-state index in [4.69, 9.17) is 20.5 Å². The number of benzene rings is 1. The van der Waals surface area contributed by atoms with E-state index in [0.717, 1.165) is 0 Å². The van der Waals surface area contributed by atoms with Gasteiger partial charge in [-0.15, -0.1) is 0 Å². The number of methoxy groups -OCH3 is 1. The highest BCUT2D eigenvalue weighted by molar-refractivity contribution is 5.57. The lowest BCUT2D eigenvalue weighted by molar-refractivity contribution is 0.144. The summed E-state index contributed by atoms with van der Waals surface area (Å²) in [5.41, 5.74) is 5.33. The van der Waals surface area contributed by atoms with E-state index in [1.165, 1.54) is 19.2 Å². The highest BCUT2D eigenvalue weighted by atomic mass is 19.1. The average molecular weight is 210 g/mol. The summed E-state index contributed by atoms with van der Waals surface area (Å²) in [7, 11) is 1.52. The molecule has 80 valence electrons. The first kappa shape index (κ1) is 11.3. The topological polar surface area (TPSA) is 68.3 Å². The maximum Gasteiger partial charge on any atom is 0.184 e. The molecular weight excluding hydrogens is 199 g/mol. The summed E-state index contributed by atoms with van der Waals surface area (Å²) in [6, 6.07) is 4.51. The number of nitrogens with zero attached hydrogens (tertiary/aromatic N) is 1. The predicted molar refractivity (Wildman–Crippen MR) is 52.9 cm³/mol. The molecule has 1 aromatic carbocycles. The summed E-state index contributed by atoms with van der Waals surface area (Å²) in [5.74, 6) is -0.716. The van der Waals surface area contributed by atoms with Crippen molar-refractivity contribution in [3.63, 3.8) is 0 Å². The molecule has 0 aromatic heterocycles. The molecule has 1 rings (SSSR count). The lowest BCUT2D eigenvalue weighted by Crippen LogP contribution is -2.06. The Morgan fingerprint density at radius 1 is 1.47 bits per heavy atom. The smallest absolute Gasteiger partial charge is 0.184 e. The van der Waals surface area contributed by atoms with Gasteiger partial charge >= 0.3 is 0 Å². The molecule has 0 amide bonds. The minimum absolute atomic E-state index is 0.0119. The first-order valence-electron chi connectivity index (χ1n) is 4.30. The molecule has 0 heterocycles. The van der Waals surface area contributed by atoms with Crippen LogP contribution in [-0.2, 0) is 4.74 Å². The van der Waals surface area contributed by atoms with Crippen LogP contribution in [0.2, 0.25) is 0 Å². The molecule has 0 fully saturated rings. The van der Waals surface area contributed by atoms with E-state index in [1.807, 2.05) is 0 Å². The van der Waals surface area contributed by atoms with Crippen LogP contribution in [-0.4, -0.2) is 20.3 Å². The number of nitrogens with two attached hydrogens (primary N) is 1. The first-order chi connectivity index (χ1) is 7.20. The Kier molecular flexibility index (Phi) is 3.89. The molecule has 0 saturated carbocycles. The Labute approximate surface area is 87.0 Å². The summed E-state index contributed by atoms with van der Waals surface area (Å²) in [5, 5.41) is 8.65. The zero-order chi connectivity index (χ0) is 11.3. The van der Waals surface area contributed by atoms with E-state index in [0.29, 0.717) is 6.61 Å². The van der Waals surface area contributed by atoms with Crippen molar-refractivity contribution < 1.29 is 13.9 Å². The summed E-state index contributed by atoms with van der Waals surface area (Å²) in [6.45, 7) is 0.577. The highest BCUT2D eigenvalue weighted by Crippen LogP contribution is 2.24. The molecule has 0 spiro atoms. The van der Waals surface area contributed by atoms with Gasteiger partial charge in [-0.2, -0.15) is 5.26 Å². The third-order valence-electron chi connectivity index (χ3n) is 1.80. The Hall–Kier alpha value is -1.80. The normalized spacial score (nSPS) is 9.67. The molecule has 0 aliphatic heterocycles. The molecule has 0 radical (unpaired) electrons. The Morgan fingerprint density at radius 2 is 2.20 bits per heavy atom. The molecular formula is C10H11FN2O2. The Balaban J connectivity index is 2.87. The second kappa shape index (κ2) is 5.17. The number of hydrogen-bond donors (Lipinski definition) is 1. The van der Waals surface area contributed by atoms with Crippen LogP contribution >= 0.6 is 0 Å². The maximum atomic E-state index is 13.5. The van der Waals surface area contributed by atoms with Crippen molar-refractivity contribution in [3.8, 4) is 11.8 Å². The summed E-state index contributed by atoms with van der Waals surface area (Å²) in [4.78, 5) is 0. The van der Waals surface area contributed by atoms with E-state index in [9.17, 15) is 4.39 Å². The third kappa shape index (κ3) is 2.58. The zero-order valence-corrected chi connectivity index (χ0v) is 8.29. The van der Waals surface area contributed by atoms with Gasteiger partial charge in [0.25, 0.3) is 0 Å². The van der Waals surface area contributed by atoms with Crippen LogP contribution in [0.15, 0.2) is 12.1 Å². The lowest BCUT2D eigenvalue weighted by Gasteiger charge is -2.08. The van der Waals surface area contributed by atoms with Gasteiger partial charge < -0.3 is 15.2 Å². The van der Waals surface area contributed by atoms with Crippen LogP contribution in [0.25, 0.3) is 0 Å². The molecule has 15 heavy (non-hydrogen) atoms. The molecule has 0 atom stereocenters. The Morgan fingerprint density at radius 3 is 2.80 bits per heavy atom. The number of ether oxygens (including phenoxy) is 2. The van der Waals surface area contributed by atoms with Crippen LogP contribution in [0, 0.1) is 17.1 Å². The molecule has 1 aromatic rings. The fraction of sp³-hybridized carbons (Fsp3) is 0.300. The van der Waals surface area contributed by atoms with Gasteiger partial charge in [0, 0.05) is 7.11 Å². The van der Waals surface area contributed by atoms with Crippen molar-refractivity contribution in [3.05, 3.63) is 23.5 Å². The van der Waals surface area contributed by atoms with Crippen LogP contribution in [0.4, 0.5) is 10.1 Å². The molecule has 0 aliphatic carbocycles. The van der Waals surface area contributed by atoms with E-state index < -0.39 is 5.82 Å². The number of nitrogen functional groups attached to an aromatic ring is 1. The fourth-order valence-corrected chi connectivity index (χ4v) is 1.03. The van der Waals surface area contributed by atoms with Gasteiger partial charge in [-0.25, -0.2) is 4.39 Å². The van der Waals surface area contributed by atoms with Crippen LogP contribution < -0.4 is 10.5 Å². The number of rotatable bonds is 4. The molecule has 5 heteroatoms. The molecule has 0 unspecified atom stereocenters. The highest BCUT2D eigenvalue weighted by Gasteiger charge is 2.12. The SMILES string of the molecule is COCCOc1ccc(N)c(C#N)c1F. The molecule has 4 nitrogen and oxygen atoms in total. The zero-order valence-electron chi connectivity index (χ0n) is 8.29. The van der Waals surface area contributed by atoms with Crippen molar-refractivity contribution in [1.29, 1.82) is 5.26 Å². The van der Waals surface area contributed by atoms with Gasteiger partial charge in [0.1, 0.15) is 18.2 Å². The van der Waals surface area contributed by atoms with E-state index >= 15 is 0 Å². The van der Waals surface area contributed by atoms with Crippen molar-refractivity contribution in [2.45, 2.75) is 0 Å². The predicted octanol–water partition coefficient (Wildman–Crippen LogP) is 1.30. The molecule has 0 saturated heterocycles. The van der Waals surface area contributed by atoms with Gasteiger partial charge in [-0.05, 0) is 12.1 Å².